The molecule has 31 heavy (non-hydrogen) atoms. The Hall–Kier alpha value is -2.83. The molecular formula is C23H23Cl2NO5. The van der Waals surface area contributed by atoms with E-state index in [9.17, 15) is 14.7 Å². The molecule has 0 amide bonds. The van der Waals surface area contributed by atoms with Gasteiger partial charge in [0.25, 0.3) is 0 Å². The van der Waals surface area contributed by atoms with Crippen LogP contribution in [0.1, 0.15) is 31.4 Å². The molecule has 2 aromatic carbocycles. The van der Waals surface area contributed by atoms with Gasteiger partial charge in [-0.25, -0.2) is 9.59 Å². The summed E-state index contributed by atoms with van der Waals surface area (Å²) in [6, 6.07) is 9.16. The molecule has 2 atom stereocenters. The predicted octanol–water partition coefficient (Wildman–Crippen LogP) is 5.54. The molecule has 0 aliphatic carbocycles. The first kappa shape index (κ1) is 24.4. The van der Waals surface area contributed by atoms with Crippen molar-refractivity contribution in [2.45, 2.75) is 26.3 Å². The van der Waals surface area contributed by atoms with Gasteiger partial charge in [-0.05, 0) is 47.4 Å². The number of halogens is 2. The van der Waals surface area contributed by atoms with E-state index in [2.05, 4.69) is 4.99 Å². The van der Waals surface area contributed by atoms with Crippen LogP contribution in [0, 0.1) is 5.92 Å². The lowest BCUT2D eigenvalue weighted by atomic mass is 10.00. The van der Waals surface area contributed by atoms with Crippen LogP contribution in [0.4, 0.5) is 0 Å². The molecule has 0 spiro atoms. The molecule has 0 aliphatic rings. The van der Waals surface area contributed by atoms with Crippen molar-refractivity contribution in [3.63, 3.8) is 0 Å². The number of carbonyl (C=O) groups excluding carboxylic acids is 1. The zero-order valence-corrected chi connectivity index (χ0v) is 18.9. The van der Waals surface area contributed by atoms with E-state index in [4.69, 9.17) is 32.7 Å². The summed E-state index contributed by atoms with van der Waals surface area (Å²) in [4.78, 5) is 27.8. The summed E-state index contributed by atoms with van der Waals surface area (Å²) in [5.74, 6) is -1.49. The molecule has 0 saturated carbocycles. The molecule has 0 radical (unpaired) electrons. The minimum absolute atomic E-state index is 0.0591. The second-order valence-electron chi connectivity index (χ2n) is 6.79. The van der Waals surface area contributed by atoms with E-state index in [1.165, 1.54) is 25.5 Å². The van der Waals surface area contributed by atoms with E-state index in [1.807, 2.05) is 13.8 Å². The van der Waals surface area contributed by atoms with E-state index >= 15 is 0 Å². The molecule has 0 aliphatic heterocycles. The van der Waals surface area contributed by atoms with Crippen LogP contribution in [0.5, 0.6) is 11.5 Å². The minimum Gasteiger partial charge on any atom is -0.493 e. The van der Waals surface area contributed by atoms with Gasteiger partial charge in [-0.15, -0.1) is 0 Å². The molecule has 0 heterocycles. The molecule has 6 nitrogen and oxygen atoms in total. The summed E-state index contributed by atoms with van der Waals surface area (Å²) in [6.07, 6.45) is 4.95. The monoisotopic (exact) mass is 463 g/mol. The highest BCUT2D eigenvalue weighted by atomic mass is 35.5. The highest BCUT2D eigenvalue weighted by molar-refractivity contribution is 6.32. The van der Waals surface area contributed by atoms with Gasteiger partial charge in [0.15, 0.2) is 11.5 Å². The van der Waals surface area contributed by atoms with Crippen molar-refractivity contribution in [2.24, 2.45) is 10.9 Å². The smallest absolute Gasteiger partial charge is 0.336 e. The van der Waals surface area contributed by atoms with Crippen LogP contribution in [-0.4, -0.2) is 36.4 Å². The second kappa shape index (κ2) is 11.5. The number of aliphatic imine (C=N–C) groups is 1. The van der Waals surface area contributed by atoms with Gasteiger partial charge in [0.05, 0.1) is 12.1 Å². The first-order valence-corrected chi connectivity index (χ1v) is 10.3. The zero-order valence-electron chi connectivity index (χ0n) is 17.3. The van der Waals surface area contributed by atoms with E-state index in [0.717, 1.165) is 5.56 Å². The van der Waals surface area contributed by atoms with Gasteiger partial charge in [-0.3, -0.25) is 4.99 Å². The van der Waals surface area contributed by atoms with Gasteiger partial charge >= 0.3 is 11.9 Å². The predicted molar refractivity (Wildman–Crippen MR) is 123 cm³/mol. The van der Waals surface area contributed by atoms with Crippen LogP contribution >= 0.6 is 23.2 Å². The van der Waals surface area contributed by atoms with Crippen molar-refractivity contribution >= 4 is 47.4 Å². The maximum Gasteiger partial charge on any atom is 0.336 e. The summed E-state index contributed by atoms with van der Waals surface area (Å²) in [5, 5.41) is 10.1. The standard InChI is InChI=1S/C23H23Cl2NO5/c1-4-14(2)21(23(28)29)26-13-16-11-18(25)22(19(12-16)30-3)31-20(27)10-7-15-5-8-17(24)9-6-15/h5-14,21H,4H2,1-3H3,(H,28,29)/b10-7+,26-13+. The molecule has 2 rings (SSSR count). The van der Waals surface area contributed by atoms with Crippen LogP contribution in [0.25, 0.3) is 6.08 Å². The third-order valence-corrected chi connectivity index (χ3v) is 5.09. The normalized spacial score (nSPS) is 13.3. The van der Waals surface area contributed by atoms with E-state index in [0.29, 0.717) is 17.0 Å². The highest BCUT2D eigenvalue weighted by Crippen LogP contribution is 2.36. The minimum atomic E-state index is -0.998. The van der Waals surface area contributed by atoms with Crippen molar-refractivity contribution < 1.29 is 24.2 Å². The Bertz CT molecular complexity index is 986. The van der Waals surface area contributed by atoms with Crippen LogP contribution < -0.4 is 9.47 Å². The molecule has 0 bridgehead atoms. The molecule has 2 unspecified atom stereocenters. The molecular weight excluding hydrogens is 441 g/mol. The second-order valence-corrected chi connectivity index (χ2v) is 7.63. The number of carboxylic acid groups (broad SMARTS) is 1. The Labute approximate surface area is 191 Å². The van der Waals surface area contributed by atoms with Crippen molar-refractivity contribution in [3.05, 3.63) is 63.6 Å². The first-order valence-electron chi connectivity index (χ1n) is 9.54. The average Bonchev–Trinajstić information content (AvgIpc) is 2.74. The van der Waals surface area contributed by atoms with E-state index in [-0.39, 0.29) is 22.4 Å². The number of carboxylic acids is 1. The number of nitrogens with zero attached hydrogens (tertiary/aromatic N) is 1. The van der Waals surface area contributed by atoms with Crippen LogP contribution in [0.3, 0.4) is 0 Å². The van der Waals surface area contributed by atoms with E-state index in [1.54, 1.807) is 36.4 Å². The number of ether oxygens (including phenoxy) is 2. The topological polar surface area (TPSA) is 85.2 Å². The zero-order chi connectivity index (χ0) is 23.0. The summed E-state index contributed by atoms with van der Waals surface area (Å²) in [7, 11) is 1.41. The van der Waals surface area contributed by atoms with Gasteiger partial charge in [-0.2, -0.15) is 0 Å². The Morgan fingerprint density at radius 3 is 2.42 bits per heavy atom. The number of benzene rings is 2. The molecule has 0 fully saturated rings. The Balaban J connectivity index is 2.20. The fourth-order valence-electron chi connectivity index (χ4n) is 2.63. The highest BCUT2D eigenvalue weighted by Gasteiger charge is 2.22. The van der Waals surface area contributed by atoms with E-state index < -0.39 is 18.0 Å². The van der Waals surface area contributed by atoms with Crippen molar-refractivity contribution in [2.75, 3.05) is 7.11 Å². The fourth-order valence-corrected chi connectivity index (χ4v) is 3.01. The number of carbonyl (C=O) groups is 2. The number of aliphatic carboxylic acids is 1. The summed E-state index contributed by atoms with van der Waals surface area (Å²) < 4.78 is 10.6. The van der Waals surface area contributed by atoms with Crippen LogP contribution in [-0.2, 0) is 9.59 Å². The summed E-state index contributed by atoms with van der Waals surface area (Å²) in [5.41, 5.74) is 1.30. The summed E-state index contributed by atoms with van der Waals surface area (Å²) in [6.45, 7) is 3.73. The molecule has 164 valence electrons. The number of rotatable bonds is 9. The number of hydrogen-bond donors (Lipinski definition) is 1. The molecule has 0 saturated heterocycles. The molecule has 8 heteroatoms. The quantitative estimate of drug-likeness (QED) is 0.228. The maximum absolute atomic E-state index is 12.2. The molecule has 1 N–H and O–H groups in total. The fraction of sp³-hybridized carbons (Fsp3) is 0.261. The Morgan fingerprint density at radius 1 is 1.16 bits per heavy atom. The SMILES string of the molecule is CCC(C)C(/N=C/c1cc(Cl)c(OC(=O)/C=C/c2ccc(Cl)cc2)c(OC)c1)C(=O)O. The van der Waals surface area contributed by atoms with Crippen LogP contribution in [0.15, 0.2) is 47.5 Å². The lowest BCUT2D eigenvalue weighted by Gasteiger charge is -2.14. The van der Waals surface area contributed by atoms with Crippen molar-refractivity contribution in [3.8, 4) is 11.5 Å². The number of hydrogen-bond acceptors (Lipinski definition) is 5. The lowest BCUT2D eigenvalue weighted by Crippen LogP contribution is -2.25. The van der Waals surface area contributed by atoms with Gasteiger partial charge < -0.3 is 14.6 Å². The lowest BCUT2D eigenvalue weighted by molar-refractivity contribution is -0.139. The summed E-state index contributed by atoms with van der Waals surface area (Å²) >= 11 is 12.1. The molecule has 2 aromatic rings. The van der Waals surface area contributed by atoms with Gasteiger partial charge in [0.2, 0.25) is 0 Å². The third-order valence-electron chi connectivity index (χ3n) is 4.56. The largest absolute Gasteiger partial charge is 0.493 e. The van der Waals surface area contributed by atoms with Crippen molar-refractivity contribution in [1.82, 2.24) is 0 Å². The third kappa shape index (κ3) is 7.12. The van der Waals surface area contributed by atoms with Crippen LogP contribution in [0.2, 0.25) is 10.0 Å². The first-order chi connectivity index (χ1) is 14.7. The van der Waals surface area contributed by atoms with Crippen molar-refractivity contribution in [1.29, 1.82) is 0 Å². The maximum atomic E-state index is 12.2. The van der Waals surface area contributed by atoms with Gasteiger partial charge in [0.1, 0.15) is 6.04 Å². The average molecular weight is 464 g/mol. The molecule has 0 aromatic heterocycles. The number of methoxy groups -OCH3 is 1. The Morgan fingerprint density at radius 2 is 1.84 bits per heavy atom. The van der Waals surface area contributed by atoms with Gasteiger partial charge in [0, 0.05) is 17.3 Å². The Kier molecular flexibility index (Phi) is 9.09. The number of esters is 1. The van der Waals surface area contributed by atoms with Gasteiger partial charge in [-0.1, -0.05) is 55.6 Å².